The molecule has 0 amide bonds. The molecule has 4 fully saturated rings. The van der Waals surface area contributed by atoms with Gasteiger partial charge < -0.3 is 10.2 Å². The highest BCUT2D eigenvalue weighted by atomic mass is 19.1. The maximum Gasteiger partial charge on any atom is 0.100 e. The molecule has 4 rings (SSSR count). The fraction of sp³-hybridized carbons (Fsp3) is 0.950. The first-order valence-electron chi connectivity index (χ1n) is 10.9. The molecule has 4 aliphatic rings. The normalized spacial score (nSPS) is 42.1. The lowest BCUT2D eigenvalue weighted by Gasteiger charge is -2.42. The maximum atomic E-state index is 13.5. The molecule has 4 atom stereocenters. The van der Waals surface area contributed by atoms with E-state index in [4.69, 9.17) is 5.26 Å². The first-order valence-corrected chi connectivity index (χ1v) is 10.9. The van der Waals surface area contributed by atoms with E-state index in [0.29, 0.717) is 24.0 Å². The van der Waals surface area contributed by atoms with Crippen LogP contribution in [0.25, 0.3) is 0 Å². The number of alkyl halides is 1. The fourth-order valence-corrected chi connectivity index (χ4v) is 5.52. The summed E-state index contributed by atoms with van der Waals surface area (Å²) in [5, 5.41) is 12.6. The molecule has 152 valence electrons. The monoisotopic (exact) mass is 378 g/mol. The molecule has 6 nitrogen and oxygen atoms in total. The van der Waals surface area contributed by atoms with Crippen LogP contribution in [0.1, 0.15) is 38.5 Å². The van der Waals surface area contributed by atoms with Crippen LogP contribution in [0.4, 0.5) is 4.39 Å². The lowest BCUT2D eigenvalue weighted by atomic mass is 9.79. The third-order valence-corrected chi connectivity index (χ3v) is 7.26. The van der Waals surface area contributed by atoms with Crippen molar-refractivity contribution in [1.82, 2.24) is 26.0 Å². The van der Waals surface area contributed by atoms with Gasteiger partial charge in [0, 0.05) is 57.8 Å². The zero-order chi connectivity index (χ0) is 18.6. The molecule has 0 bridgehead atoms. The minimum atomic E-state index is -0.570. The molecule has 0 aromatic rings. The third-order valence-electron chi connectivity index (χ3n) is 7.26. The SMILES string of the molecule is N#CC1CCC(N2CCN(CC3CNNC3C3CCC(F)CC3)CC2)NC1. The molecule has 0 radical (unpaired) electrons. The molecular formula is C20H35FN6. The summed E-state index contributed by atoms with van der Waals surface area (Å²) in [6.45, 7) is 7.48. The number of nitriles is 1. The largest absolute Gasteiger partial charge is 0.300 e. The summed E-state index contributed by atoms with van der Waals surface area (Å²) < 4.78 is 13.5. The van der Waals surface area contributed by atoms with Crippen LogP contribution in [0.3, 0.4) is 0 Å². The summed E-state index contributed by atoms with van der Waals surface area (Å²) in [4.78, 5) is 5.18. The van der Waals surface area contributed by atoms with E-state index in [0.717, 1.165) is 84.3 Å². The van der Waals surface area contributed by atoms with Crippen LogP contribution in [0.5, 0.6) is 0 Å². The minimum Gasteiger partial charge on any atom is -0.300 e. The molecule has 27 heavy (non-hydrogen) atoms. The molecule has 7 heteroatoms. The summed E-state index contributed by atoms with van der Waals surface area (Å²) >= 11 is 0. The Morgan fingerprint density at radius 2 is 1.74 bits per heavy atom. The van der Waals surface area contributed by atoms with Crippen molar-refractivity contribution in [1.29, 1.82) is 5.26 Å². The zero-order valence-corrected chi connectivity index (χ0v) is 16.4. The van der Waals surface area contributed by atoms with Crippen LogP contribution < -0.4 is 16.2 Å². The second-order valence-corrected chi connectivity index (χ2v) is 8.99. The van der Waals surface area contributed by atoms with Crippen LogP contribution in [0, 0.1) is 29.1 Å². The summed E-state index contributed by atoms with van der Waals surface area (Å²) in [7, 11) is 0. The molecule has 3 N–H and O–H groups in total. The van der Waals surface area contributed by atoms with Gasteiger partial charge in [0.15, 0.2) is 0 Å². The van der Waals surface area contributed by atoms with Crippen molar-refractivity contribution in [3.8, 4) is 6.07 Å². The first-order chi connectivity index (χ1) is 13.2. The van der Waals surface area contributed by atoms with Crippen molar-refractivity contribution in [3.05, 3.63) is 0 Å². The Labute approximate surface area is 162 Å². The first kappa shape index (κ1) is 19.5. The zero-order valence-electron chi connectivity index (χ0n) is 16.4. The number of piperazine rings is 1. The molecule has 0 spiro atoms. The molecule has 0 aromatic heterocycles. The van der Waals surface area contributed by atoms with Crippen molar-refractivity contribution < 1.29 is 4.39 Å². The number of piperidine rings is 1. The van der Waals surface area contributed by atoms with E-state index >= 15 is 0 Å². The molecule has 1 saturated carbocycles. The van der Waals surface area contributed by atoms with Crippen molar-refractivity contribution in [2.45, 2.75) is 56.9 Å². The molecular weight excluding hydrogens is 343 g/mol. The number of hydrogen-bond acceptors (Lipinski definition) is 6. The summed E-state index contributed by atoms with van der Waals surface area (Å²) in [6, 6.07) is 2.88. The molecule has 0 aromatic carbocycles. The number of hydrazine groups is 1. The van der Waals surface area contributed by atoms with Crippen LogP contribution in [0.2, 0.25) is 0 Å². The average Bonchev–Trinajstić information content (AvgIpc) is 3.17. The summed E-state index contributed by atoms with van der Waals surface area (Å²) in [6.07, 6.45) is 5.55. The molecule has 3 heterocycles. The number of rotatable bonds is 4. The average molecular weight is 379 g/mol. The Hall–Kier alpha value is -0.780. The van der Waals surface area contributed by atoms with E-state index in [9.17, 15) is 4.39 Å². The van der Waals surface area contributed by atoms with Crippen molar-refractivity contribution >= 4 is 0 Å². The lowest BCUT2D eigenvalue weighted by Crippen LogP contribution is -2.57. The van der Waals surface area contributed by atoms with Crippen LogP contribution in [0.15, 0.2) is 0 Å². The third kappa shape index (κ3) is 4.80. The Balaban J connectivity index is 1.21. The van der Waals surface area contributed by atoms with Gasteiger partial charge in [-0.05, 0) is 44.4 Å². The number of halogens is 1. The number of nitrogens with zero attached hydrogens (tertiary/aromatic N) is 3. The quantitative estimate of drug-likeness (QED) is 0.680. The fourth-order valence-electron chi connectivity index (χ4n) is 5.52. The standard InChI is InChI=1S/C20H35FN6/c21-18-4-2-16(3-5-18)20-17(13-24-25-20)14-26-7-9-27(10-8-26)19-6-1-15(11-22)12-23-19/h15-20,23-25H,1-10,12-14H2. The van der Waals surface area contributed by atoms with Crippen molar-refractivity contribution in [3.63, 3.8) is 0 Å². The minimum absolute atomic E-state index is 0.189. The van der Waals surface area contributed by atoms with E-state index in [-0.39, 0.29) is 5.92 Å². The Morgan fingerprint density at radius 1 is 0.963 bits per heavy atom. The second-order valence-electron chi connectivity index (χ2n) is 8.99. The predicted molar refractivity (Wildman–Crippen MR) is 103 cm³/mol. The Kier molecular flexibility index (Phi) is 6.62. The van der Waals surface area contributed by atoms with Crippen LogP contribution in [-0.2, 0) is 0 Å². The number of hydrogen-bond donors (Lipinski definition) is 3. The van der Waals surface area contributed by atoms with Gasteiger partial charge in [0.2, 0.25) is 0 Å². The van der Waals surface area contributed by atoms with Gasteiger partial charge in [-0.2, -0.15) is 5.26 Å². The highest BCUT2D eigenvalue weighted by Crippen LogP contribution is 2.32. The van der Waals surface area contributed by atoms with Gasteiger partial charge in [-0.3, -0.25) is 15.8 Å². The van der Waals surface area contributed by atoms with Crippen molar-refractivity contribution in [2.24, 2.45) is 17.8 Å². The second kappa shape index (κ2) is 9.15. The van der Waals surface area contributed by atoms with E-state index in [1.165, 1.54) is 0 Å². The van der Waals surface area contributed by atoms with Crippen LogP contribution >= 0.6 is 0 Å². The van der Waals surface area contributed by atoms with Gasteiger partial charge in [-0.1, -0.05) is 0 Å². The van der Waals surface area contributed by atoms with E-state index < -0.39 is 6.17 Å². The molecule has 3 aliphatic heterocycles. The van der Waals surface area contributed by atoms with E-state index in [1.54, 1.807) is 0 Å². The van der Waals surface area contributed by atoms with E-state index in [1.807, 2.05) is 0 Å². The van der Waals surface area contributed by atoms with Gasteiger partial charge in [0.05, 0.1) is 18.2 Å². The van der Waals surface area contributed by atoms with Gasteiger partial charge in [0.25, 0.3) is 0 Å². The van der Waals surface area contributed by atoms with Crippen LogP contribution in [-0.4, -0.2) is 74.0 Å². The predicted octanol–water partition coefficient (Wildman–Crippen LogP) is 1.07. The van der Waals surface area contributed by atoms with Crippen molar-refractivity contribution in [2.75, 3.05) is 45.8 Å². The van der Waals surface area contributed by atoms with Gasteiger partial charge in [-0.15, -0.1) is 0 Å². The summed E-state index contributed by atoms with van der Waals surface area (Å²) in [5.74, 6) is 1.44. The smallest absolute Gasteiger partial charge is 0.100 e. The highest BCUT2D eigenvalue weighted by molar-refractivity contribution is 4.94. The molecule has 3 saturated heterocycles. The highest BCUT2D eigenvalue weighted by Gasteiger charge is 2.37. The topological polar surface area (TPSA) is 66.4 Å². The Bertz CT molecular complexity index is 501. The van der Waals surface area contributed by atoms with Gasteiger partial charge in [0.1, 0.15) is 6.17 Å². The lowest BCUT2D eigenvalue weighted by molar-refractivity contribution is 0.0540. The van der Waals surface area contributed by atoms with Gasteiger partial charge >= 0.3 is 0 Å². The maximum absolute atomic E-state index is 13.5. The molecule has 4 unspecified atom stereocenters. The summed E-state index contributed by atoms with van der Waals surface area (Å²) in [5.41, 5.74) is 6.88. The molecule has 1 aliphatic carbocycles. The van der Waals surface area contributed by atoms with E-state index in [2.05, 4.69) is 32.0 Å². The number of nitrogens with one attached hydrogen (secondary N) is 3. The van der Waals surface area contributed by atoms with Gasteiger partial charge in [-0.25, -0.2) is 4.39 Å². The Morgan fingerprint density at radius 3 is 2.41 bits per heavy atom.